The molecule has 4 aliphatic heterocycles. The third kappa shape index (κ3) is 8.87. The average molecular weight is 961 g/mol. The van der Waals surface area contributed by atoms with Gasteiger partial charge in [-0.1, -0.05) is 24.3 Å². The number of halogens is 5. The molecular weight excluding hydrogens is 904 g/mol. The molecule has 3 fully saturated rings. The molecule has 69 heavy (non-hydrogen) atoms. The number of rotatable bonds is 10. The van der Waals surface area contributed by atoms with Crippen molar-refractivity contribution >= 4 is 34.4 Å². The van der Waals surface area contributed by atoms with Gasteiger partial charge in [0.2, 0.25) is 11.8 Å². The Morgan fingerprint density at radius 1 is 0.884 bits per heavy atom. The van der Waals surface area contributed by atoms with Crippen molar-refractivity contribution in [3.05, 3.63) is 88.5 Å². The van der Waals surface area contributed by atoms with Crippen LogP contribution in [0.1, 0.15) is 62.8 Å². The van der Waals surface area contributed by atoms with Crippen LogP contribution in [0.25, 0.3) is 22.2 Å². The summed E-state index contributed by atoms with van der Waals surface area (Å²) in [5.74, 6) is -1.15. The third-order valence-electron chi connectivity index (χ3n) is 13.7. The van der Waals surface area contributed by atoms with Crippen LogP contribution in [0.2, 0.25) is 0 Å². The number of ether oxygens (including phenoxy) is 4. The summed E-state index contributed by atoms with van der Waals surface area (Å²) < 4.78 is 105. The van der Waals surface area contributed by atoms with Crippen molar-refractivity contribution in [3.8, 4) is 28.6 Å². The van der Waals surface area contributed by atoms with Crippen LogP contribution in [0.15, 0.2) is 54.6 Å². The molecule has 9 rings (SSSR count). The van der Waals surface area contributed by atoms with Crippen molar-refractivity contribution in [2.45, 2.75) is 109 Å². The van der Waals surface area contributed by atoms with Crippen LogP contribution >= 0.6 is 0 Å². The number of carbonyl (C=O) groups excluding carboxylic acids is 1. The Balaban J connectivity index is 1.25. The van der Waals surface area contributed by atoms with Gasteiger partial charge in [-0.05, 0) is 109 Å². The minimum Gasteiger partial charge on any atom is -0.497 e. The largest absolute Gasteiger partial charge is 0.497 e. The number of hydrogen-bond donors (Lipinski definition) is 1. The normalized spacial score (nSPS) is 22.2. The molecule has 14 nitrogen and oxygen atoms in total. The van der Waals surface area contributed by atoms with Crippen molar-refractivity contribution in [1.82, 2.24) is 24.8 Å². The summed E-state index contributed by atoms with van der Waals surface area (Å²) in [5, 5.41) is 11.2. The van der Waals surface area contributed by atoms with E-state index in [1.807, 2.05) is 23.9 Å². The molecule has 1 amide bonds. The fourth-order valence-corrected chi connectivity index (χ4v) is 10.5. The quantitative estimate of drug-likeness (QED) is 0.135. The summed E-state index contributed by atoms with van der Waals surface area (Å²) in [4.78, 5) is 37.1. The number of benzene rings is 3. The predicted molar refractivity (Wildman–Crippen MR) is 250 cm³/mol. The molecule has 19 heteroatoms. The van der Waals surface area contributed by atoms with Crippen LogP contribution in [-0.2, 0) is 24.0 Å². The second-order valence-corrected chi connectivity index (χ2v) is 19.6. The number of carbonyl (C=O) groups is 1. The molecule has 1 N–H and O–H groups in total. The van der Waals surface area contributed by atoms with Crippen LogP contribution < -0.4 is 28.9 Å². The van der Waals surface area contributed by atoms with Crippen LogP contribution in [0.5, 0.6) is 17.4 Å². The molecule has 0 aliphatic carbocycles. The molecule has 0 radical (unpaired) electrons. The van der Waals surface area contributed by atoms with E-state index in [9.17, 15) is 9.90 Å². The van der Waals surface area contributed by atoms with Gasteiger partial charge in [0, 0.05) is 38.3 Å². The summed E-state index contributed by atoms with van der Waals surface area (Å²) in [7, 11) is 6.69. The Morgan fingerprint density at radius 3 is 2.06 bits per heavy atom. The Morgan fingerprint density at radius 2 is 1.51 bits per heavy atom. The summed E-state index contributed by atoms with van der Waals surface area (Å²) in [6, 6.07) is 13.3. The highest BCUT2D eigenvalue weighted by Gasteiger charge is 2.54. The lowest BCUT2D eigenvalue weighted by atomic mass is 9.95. The fourth-order valence-electron chi connectivity index (χ4n) is 10.5. The second-order valence-electron chi connectivity index (χ2n) is 19.6. The zero-order chi connectivity index (χ0) is 49.4. The first-order valence-corrected chi connectivity index (χ1v) is 23.0. The lowest BCUT2D eigenvalue weighted by Gasteiger charge is -2.48. The molecule has 2 aromatic heterocycles. The number of pyridine rings is 1. The number of fused-ring (bicyclic) bond motifs is 5. The number of hydrogen-bond acceptors (Lipinski definition) is 13. The van der Waals surface area contributed by atoms with E-state index in [-0.39, 0.29) is 79.0 Å². The maximum Gasteiger partial charge on any atom is 0.417 e. The van der Waals surface area contributed by atoms with Crippen LogP contribution in [0.4, 0.5) is 44.2 Å². The number of aliphatic hydroxyl groups excluding tert-OH is 1. The molecule has 0 spiro atoms. The summed E-state index contributed by atoms with van der Waals surface area (Å²) in [6.07, 6.45) is -6.05. The number of methoxy groups -OCH3 is 2. The number of alkyl halides is 3. The maximum absolute atomic E-state index is 18.1. The van der Waals surface area contributed by atoms with Gasteiger partial charge in [-0.25, -0.2) is 23.5 Å². The van der Waals surface area contributed by atoms with Gasteiger partial charge in [-0.3, -0.25) is 4.90 Å². The standard InChI is InChI=1S/C50H57F5N8O6/c1-26-39(50(53,54)55)33(20-35(40(26)51)60(21-28-10-15-31(66-8)16-11-28)22-29-12-17-32(67-9)18-13-29)42-41(52)43-38-45(58-47(57-43)61-24-36(59(6)7)37(64)25-61)62-23-30-14-19-34(44(62)27(2)68-46(38)56-42)63(30)48(65)69-49(3,4)5/h10-13,15-18,20,27,30,34,36-37,44,64H,14,19,21-25H2,1-9H3/t27-,30+,34-,36+,37+,44+/m0/s1. The van der Waals surface area contributed by atoms with Gasteiger partial charge >= 0.3 is 12.3 Å². The summed E-state index contributed by atoms with van der Waals surface area (Å²) >= 11 is 0. The van der Waals surface area contributed by atoms with Gasteiger partial charge in [0.15, 0.2) is 5.82 Å². The van der Waals surface area contributed by atoms with Crippen molar-refractivity contribution < 1.29 is 50.8 Å². The van der Waals surface area contributed by atoms with Gasteiger partial charge in [-0.15, -0.1) is 0 Å². The first kappa shape index (κ1) is 47.8. The molecule has 0 unspecified atom stereocenters. The number of nitrogens with zero attached hydrogens (tertiary/aromatic N) is 8. The number of anilines is 3. The molecule has 5 aromatic rings. The van der Waals surface area contributed by atoms with E-state index in [1.54, 1.807) is 90.9 Å². The number of aromatic nitrogens is 3. The van der Waals surface area contributed by atoms with Crippen LogP contribution in [-0.4, -0.2) is 126 Å². The van der Waals surface area contributed by atoms with Gasteiger partial charge in [-0.2, -0.15) is 18.2 Å². The zero-order valence-electron chi connectivity index (χ0n) is 40.1. The number of β-amino-alcohol motifs (C(OH)–C–C–N with tert-alkyl or cyclic N) is 1. The van der Waals surface area contributed by atoms with Gasteiger partial charge in [0.25, 0.3) is 0 Å². The highest BCUT2D eigenvalue weighted by atomic mass is 19.4. The predicted octanol–water partition coefficient (Wildman–Crippen LogP) is 8.37. The van der Waals surface area contributed by atoms with Gasteiger partial charge in [0.1, 0.15) is 51.4 Å². The van der Waals surface area contributed by atoms with Crippen LogP contribution in [0.3, 0.4) is 0 Å². The van der Waals surface area contributed by atoms with E-state index in [4.69, 9.17) is 28.9 Å². The number of piperazine rings is 1. The first-order chi connectivity index (χ1) is 32.6. The minimum absolute atomic E-state index is 0.0337. The Kier molecular flexibility index (Phi) is 12.4. The smallest absolute Gasteiger partial charge is 0.417 e. The average Bonchev–Trinajstić information content (AvgIpc) is 3.81. The van der Waals surface area contributed by atoms with E-state index in [0.29, 0.717) is 35.5 Å². The van der Waals surface area contributed by atoms with Gasteiger partial charge in [0.05, 0.1) is 55.7 Å². The fraction of sp³-hybridized carbons (Fsp3) is 0.480. The molecule has 3 saturated heterocycles. The lowest BCUT2D eigenvalue weighted by molar-refractivity contribution is -0.137. The summed E-state index contributed by atoms with van der Waals surface area (Å²) in [5.41, 5.74) is -3.63. The molecule has 368 valence electrons. The summed E-state index contributed by atoms with van der Waals surface area (Å²) in [6.45, 7) is 8.84. The zero-order valence-corrected chi connectivity index (χ0v) is 40.1. The highest BCUT2D eigenvalue weighted by Crippen LogP contribution is 2.49. The van der Waals surface area contributed by atoms with Crippen LogP contribution in [0, 0.1) is 18.6 Å². The highest BCUT2D eigenvalue weighted by molar-refractivity contribution is 5.98. The Bertz CT molecular complexity index is 2710. The number of amides is 1. The third-order valence-corrected chi connectivity index (χ3v) is 13.7. The van der Waals surface area contributed by atoms with E-state index in [2.05, 4.69) is 4.98 Å². The lowest BCUT2D eigenvalue weighted by Crippen LogP contribution is -2.65. The van der Waals surface area contributed by atoms with Crippen molar-refractivity contribution in [2.24, 2.45) is 0 Å². The van der Waals surface area contributed by atoms with Crippen molar-refractivity contribution in [2.75, 3.05) is 62.6 Å². The molecule has 4 aliphatic rings. The number of aliphatic hydroxyl groups is 1. The monoisotopic (exact) mass is 960 g/mol. The molecule has 2 bridgehead atoms. The van der Waals surface area contributed by atoms with E-state index < -0.39 is 76.2 Å². The molecular formula is C50H57F5N8O6. The molecule has 3 aromatic carbocycles. The minimum atomic E-state index is -5.18. The maximum atomic E-state index is 18.1. The van der Waals surface area contributed by atoms with Crippen molar-refractivity contribution in [1.29, 1.82) is 0 Å². The van der Waals surface area contributed by atoms with Crippen molar-refractivity contribution in [3.63, 3.8) is 0 Å². The molecule has 0 saturated carbocycles. The Labute approximate surface area is 397 Å². The SMILES string of the molecule is COc1ccc(CN(Cc2ccc(OC)cc2)c2cc(-c3nc4c5c(nc(N6C[C@@H](O)[C@H](N(C)C)C6)nc5c3F)N3C[C@H]5CC[C@@H]([C@H]3[C@H](C)O4)N5C(=O)OC(C)(C)C)c(C(F)(F)F)c(C)c2F)cc1. The first-order valence-electron chi connectivity index (χ1n) is 23.0. The van der Waals surface area contributed by atoms with E-state index in [1.165, 1.54) is 14.2 Å². The molecule has 6 heterocycles. The van der Waals surface area contributed by atoms with Gasteiger partial charge < -0.3 is 43.7 Å². The number of likely N-dealkylation sites (N-methyl/N-ethyl adjacent to an activating group) is 1. The Hall–Kier alpha value is -6.21. The molecule has 6 atom stereocenters. The topological polar surface area (TPSA) is 129 Å². The van der Waals surface area contributed by atoms with E-state index in [0.717, 1.165) is 13.0 Å². The second kappa shape index (κ2) is 17.9. The van der Waals surface area contributed by atoms with E-state index >= 15 is 22.0 Å².